The lowest BCUT2D eigenvalue weighted by atomic mass is 10.0. The number of nitrogen functional groups attached to an aromatic ring is 1. The average molecular weight is 531 g/mol. The maximum atomic E-state index is 14.5. The zero-order valence-electron chi connectivity index (χ0n) is 22.1. The Bertz CT molecular complexity index is 1850. The summed E-state index contributed by atoms with van der Waals surface area (Å²) in [4.78, 5) is 34.5. The molecule has 5 aromatic rings. The summed E-state index contributed by atoms with van der Waals surface area (Å²) < 4.78 is 7.05. The molecule has 1 fully saturated rings. The number of pyridine rings is 1. The van der Waals surface area contributed by atoms with E-state index in [-0.39, 0.29) is 17.5 Å². The maximum Gasteiger partial charge on any atom is 0.266 e. The third kappa shape index (κ3) is 4.18. The fourth-order valence-electron chi connectivity index (χ4n) is 5.42. The SMILES string of the molecule is COc1cncc(-c2cccc3nc(C4CCCN4c4nc(N)nc(C)c4C#N)n(-c4ccccc4)c(=O)c23)c1. The van der Waals surface area contributed by atoms with Crippen LogP contribution in [0.25, 0.3) is 27.7 Å². The number of rotatable bonds is 5. The highest BCUT2D eigenvalue weighted by molar-refractivity contribution is 5.94. The van der Waals surface area contributed by atoms with Gasteiger partial charge in [-0.15, -0.1) is 0 Å². The minimum absolute atomic E-state index is 0.0978. The summed E-state index contributed by atoms with van der Waals surface area (Å²) in [6.45, 7) is 2.38. The second-order valence-electron chi connectivity index (χ2n) is 9.59. The first kappa shape index (κ1) is 25.0. The standard InChI is InChI=1S/C30H26N8O2/c1-18-23(15-31)27(36-30(32)34-18)37-13-7-12-25(37)28-35-24-11-6-10-22(19-14-21(40-2)17-33-16-19)26(24)29(39)38(28)20-8-4-3-5-9-20/h3-6,8-11,14,16-17,25H,7,12-13H2,1-2H3,(H2,32,34,36). The van der Waals surface area contributed by atoms with Gasteiger partial charge < -0.3 is 15.4 Å². The Morgan fingerprint density at radius 3 is 2.67 bits per heavy atom. The van der Waals surface area contributed by atoms with Crippen molar-refractivity contribution < 1.29 is 4.74 Å². The van der Waals surface area contributed by atoms with Crippen molar-refractivity contribution in [2.24, 2.45) is 0 Å². The van der Waals surface area contributed by atoms with Crippen molar-refractivity contribution in [2.75, 3.05) is 24.3 Å². The molecule has 0 amide bonds. The fraction of sp³-hybridized carbons (Fsp3) is 0.200. The molecule has 0 radical (unpaired) electrons. The first-order valence-electron chi connectivity index (χ1n) is 12.9. The summed E-state index contributed by atoms with van der Waals surface area (Å²) >= 11 is 0. The first-order chi connectivity index (χ1) is 19.5. The molecule has 0 aliphatic carbocycles. The van der Waals surface area contributed by atoms with Gasteiger partial charge >= 0.3 is 0 Å². The average Bonchev–Trinajstić information content (AvgIpc) is 3.47. The number of nitriles is 1. The van der Waals surface area contributed by atoms with Gasteiger partial charge in [-0.25, -0.2) is 9.97 Å². The van der Waals surface area contributed by atoms with Crippen LogP contribution in [0.2, 0.25) is 0 Å². The monoisotopic (exact) mass is 530 g/mol. The number of aryl methyl sites for hydroxylation is 1. The lowest BCUT2D eigenvalue weighted by Crippen LogP contribution is -2.32. The summed E-state index contributed by atoms with van der Waals surface area (Å²) in [5.41, 5.74) is 9.41. The molecule has 1 aliphatic heterocycles. The molecule has 10 heteroatoms. The minimum atomic E-state index is -0.319. The predicted octanol–water partition coefficient (Wildman–Crippen LogP) is 4.35. The molecule has 2 N–H and O–H groups in total. The van der Waals surface area contributed by atoms with Crippen molar-refractivity contribution in [1.29, 1.82) is 5.26 Å². The highest BCUT2D eigenvalue weighted by atomic mass is 16.5. The van der Waals surface area contributed by atoms with Gasteiger partial charge in [0.05, 0.1) is 41.6 Å². The van der Waals surface area contributed by atoms with E-state index in [9.17, 15) is 10.1 Å². The molecule has 6 rings (SSSR count). The van der Waals surface area contributed by atoms with E-state index in [0.717, 1.165) is 18.4 Å². The topological polar surface area (TPSA) is 136 Å². The van der Waals surface area contributed by atoms with E-state index < -0.39 is 0 Å². The van der Waals surface area contributed by atoms with Crippen LogP contribution in [0, 0.1) is 18.3 Å². The molecule has 198 valence electrons. The number of aromatic nitrogens is 5. The molecule has 40 heavy (non-hydrogen) atoms. The predicted molar refractivity (Wildman–Crippen MR) is 152 cm³/mol. The van der Waals surface area contributed by atoms with Gasteiger partial charge in [-0.1, -0.05) is 30.3 Å². The Morgan fingerprint density at radius 1 is 1.07 bits per heavy atom. The van der Waals surface area contributed by atoms with Crippen LogP contribution in [0.4, 0.5) is 11.8 Å². The Hall–Kier alpha value is -5.30. The Kier molecular flexibility index (Phi) is 6.32. The van der Waals surface area contributed by atoms with Crippen molar-refractivity contribution in [1.82, 2.24) is 24.5 Å². The van der Waals surface area contributed by atoms with Crippen molar-refractivity contribution in [3.8, 4) is 28.6 Å². The van der Waals surface area contributed by atoms with E-state index in [0.29, 0.717) is 57.3 Å². The Balaban J connectivity index is 1.62. The van der Waals surface area contributed by atoms with E-state index in [1.165, 1.54) is 0 Å². The molecule has 1 unspecified atom stereocenters. The van der Waals surface area contributed by atoms with Crippen LogP contribution in [0.3, 0.4) is 0 Å². The smallest absolute Gasteiger partial charge is 0.266 e. The van der Waals surface area contributed by atoms with Gasteiger partial charge in [-0.3, -0.25) is 14.3 Å². The molecule has 10 nitrogen and oxygen atoms in total. The molecule has 1 saturated heterocycles. The van der Waals surface area contributed by atoms with Crippen LogP contribution >= 0.6 is 0 Å². The molecular weight excluding hydrogens is 504 g/mol. The van der Waals surface area contributed by atoms with E-state index in [2.05, 4.69) is 21.0 Å². The van der Waals surface area contributed by atoms with E-state index in [1.54, 1.807) is 31.0 Å². The second-order valence-corrected chi connectivity index (χ2v) is 9.59. The molecule has 0 bridgehead atoms. The lowest BCUT2D eigenvalue weighted by molar-refractivity contribution is 0.413. The van der Waals surface area contributed by atoms with E-state index in [1.807, 2.05) is 59.5 Å². The number of anilines is 2. The largest absolute Gasteiger partial charge is 0.495 e. The third-order valence-corrected chi connectivity index (χ3v) is 7.22. The van der Waals surface area contributed by atoms with Crippen molar-refractivity contribution in [2.45, 2.75) is 25.8 Å². The van der Waals surface area contributed by atoms with Gasteiger partial charge in [0.25, 0.3) is 5.56 Å². The van der Waals surface area contributed by atoms with Crippen molar-refractivity contribution in [3.05, 3.63) is 94.4 Å². The Morgan fingerprint density at radius 2 is 1.90 bits per heavy atom. The van der Waals surface area contributed by atoms with Crippen LogP contribution in [-0.2, 0) is 0 Å². The summed E-state index contributed by atoms with van der Waals surface area (Å²) in [6, 6.07) is 18.9. The summed E-state index contributed by atoms with van der Waals surface area (Å²) in [5, 5.41) is 10.4. The zero-order valence-corrected chi connectivity index (χ0v) is 22.1. The number of fused-ring (bicyclic) bond motifs is 1. The summed E-state index contributed by atoms with van der Waals surface area (Å²) in [5.74, 6) is 1.72. The maximum absolute atomic E-state index is 14.5. The fourth-order valence-corrected chi connectivity index (χ4v) is 5.42. The van der Waals surface area contributed by atoms with E-state index >= 15 is 0 Å². The number of hydrogen-bond acceptors (Lipinski definition) is 9. The quantitative estimate of drug-likeness (QED) is 0.352. The number of benzene rings is 2. The summed E-state index contributed by atoms with van der Waals surface area (Å²) in [6.07, 6.45) is 4.88. The molecule has 1 atom stereocenters. The summed E-state index contributed by atoms with van der Waals surface area (Å²) in [7, 11) is 1.58. The van der Waals surface area contributed by atoms with Crippen LogP contribution in [0.1, 0.15) is 36.0 Å². The number of para-hydroxylation sites is 1. The van der Waals surface area contributed by atoms with Gasteiger partial charge in [0.2, 0.25) is 5.95 Å². The van der Waals surface area contributed by atoms with Gasteiger partial charge in [0, 0.05) is 18.3 Å². The molecule has 3 aromatic heterocycles. The van der Waals surface area contributed by atoms with Gasteiger partial charge in [-0.2, -0.15) is 10.2 Å². The van der Waals surface area contributed by atoms with Crippen molar-refractivity contribution in [3.63, 3.8) is 0 Å². The molecule has 0 saturated carbocycles. The number of hydrogen-bond donors (Lipinski definition) is 1. The minimum Gasteiger partial charge on any atom is -0.495 e. The molecule has 0 spiro atoms. The zero-order chi connectivity index (χ0) is 27.8. The normalized spacial score (nSPS) is 14.8. The van der Waals surface area contributed by atoms with Crippen LogP contribution in [-0.4, -0.2) is 38.2 Å². The second kappa shape index (κ2) is 10.1. The van der Waals surface area contributed by atoms with Crippen molar-refractivity contribution >= 4 is 22.7 Å². The van der Waals surface area contributed by atoms with Crippen LogP contribution in [0.15, 0.2) is 71.8 Å². The molecule has 1 aliphatic rings. The van der Waals surface area contributed by atoms with Gasteiger partial charge in [0.1, 0.15) is 23.2 Å². The van der Waals surface area contributed by atoms with Gasteiger partial charge in [0.15, 0.2) is 5.82 Å². The Labute approximate surface area is 230 Å². The number of nitrogens with zero attached hydrogens (tertiary/aromatic N) is 7. The molecular formula is C30H26N8O2. The number of nitrogens with two attached hydrogens (primary N) is 1. The van der Waals surface area contributed by atoms with Crippen LogP contribution in [0.5, 0.6) is 5.75 Å². The highest BCUT2D eigenvalue weighted by Crippen LogP contribution is 2.38. The first-order valence-corrected chi connectivity index (χ1v) is 12.9. The number of ether oxygens (including phenoxy) is 1. The highest BCUT2D eigenvalue weighted by Gasteiger charge is 2.34. The lowest BCUT2D eigenvalue weighted by Gasteiger charge is -2.28. The van der Waals surface area contributed by atoms with E-state index in [4.69, 9.17) is 15.5 Å². The van der Waals surface area contributed by atoms with Crippen LogP contribution < -0.4 is 20.9 Å². The third-order valence-electron chi connectivity index (χ3n) is 7.22. The molecule has 2 aromatic carbocycles. The number of methoxy groups -OCH3 is 1. The molecule has 4 heterocycles. The van der Waals surface area contributed by atoms with Gasteiger partial charge in [-0.05, 0) is 49.6 Å².